The fraction of sp³-hybridized carbons (Fsp3) is 0.100. The van der Waals surface area contributed by atoms with Crippen LogP contribution in [0.2, 0.25) is 0 Å². The molecule has 0 atom stereocenters. The van der Waals surface area contributed by atoms with Crippen LogP contribution >= 0.6 is 0 Å². The van der Waals surface area contributed by atoms with Crippen LogP contribution in [-0.4, -0.2) is 13.0 Å². The van der Waals surface area contributed by atoms with E-state index in [9.17, 15) is 39.3 Å². The molecule has 0 saturated carbocycles. The van der Waals surface area contributed by atoms with Crippen LogP contribution in [-0.2, 0) is 22.5 Å². The Labute approximate surface area is 188 Å². The first-order chi connectivity index (χ1) is 15.6. The third-order valence-corrected chi connectivity index (χ3v) is 5.13. The average molecular weight is 508 g/mol. The number of nitrogen functional groups attached to an aromatic ring is 2. The van der Waals surface area contributed by atoms with Crippen molar-refractivity contribution >= 4 is 21.5 Å². The molecule has 7 nitrogen and oxygen atoms in total. The van der Waals surface area contributed by atoms with Gasteiger partial charge in [-0.05, 0) is 48.5 Å². The van der Waals surface area contributed by atoms with Crippen molar-refractivity contribution in [2.75, 3.05) is 11.5 Å². The first kappa shape index (κ1) is 25.0. The monoisotopic (exact) mass is 508 g/mol. The zero-order valence-electron chi connectivity index (χ0n) is 16.6. The molecule has 0 aliphatic carbocycles. The molecule has 0 aliphatic rings. The maximum atomic E-state index is 13.3. The lowest BCUT2D eigenvalue weighted by molar-refractivity contribution is -0.139. The van der Waals surface area contributed by atoms with Crippen molar-refractivity contribution < 1.29 is 48.8 Å². The van der Waals surface area contributed by atoms with Gasteiger partial charge in [0, 0.05) is 17.4 Å². The van der Waals surface area contributed by atoms with Crippen LogP contribution in [0.25, 0.3) is 0 Å². The lowest BCUT2D eigenvalue weighted by atomic mass is 10.1. The summed E-state index contributed by atoms with van der Waals surface area (Å²) in [6.45, 7) is 0. The van der Waals surface area contributed by atoms with Crippen LogP contribution in [0.4, 0.5) is 37.7 Å². The molecule has 0 aromatic heterocycles. The maximum Gasteiger partial charge on any atom is 0.420 e. The molecule has 0 spiro atoms. The highest BCUT2D eigenvalue weighted by Gasteiger charge is 2.36. The number of halogens is 6. The Morgan fingerprint density at radius 3 is 1.56 bits per heavy atom. The molecule has 0 saturated heterocycles. The molecule has 3 aromatic rings. The molecule has 34 heavy (non-hydrogen) atoms. The molecule has 0 aliphatic heterocycles. The zero-order valence-corrected chi connectivity index (χ0v) is 17.4. The highest BCUT2D eigenvalue weighted by molar-refractivity contribution is 7.86. The van der Waals surface area contributed by atoms with Gasteiger partial charge in [0.25, 0.3) is 10.1 Å². The molecule has 0 amide bonds. The summed E-state index contributed by atoms with van der Waals surface area (Å²) < 4.78 is 123. The van der Waals surface area contributed by atoms with Gasteiger partial charge >= 0.3 is 12.4 Å². The lowest BCUT2D eigenvalue weighted by Crippen LogP contribution is -2.09. The van der Waals surface area contributed by atoms with Crippen molar-refractivity contribution in [1.82, 2.24) is 0 Å². The van der Waals surface area contributed by atoms with Gasteiger partial charge < -0.3 is 20.9 Å². The smallest absolute Gasteiger partial charge is 0.420 e. The van der Waals surface area contributed by atoms with E-state index in [4.69, 9.17) is 20.9 Å². The van der Waals surface area contributed by atoms with E-state index in [0.29, 0.717) is 18.2 Å². The number of rotatable bonds is 5. The Bertz CT molecular complexity index is 1340. The Balaban J connectivity index is 2.06. The first-order valence-electron chi connectivity index (χ1n) is 8.96. The van der Waals surface area contributed by atoms with Crippen molar-refractivity contribution in [3.8, 4) is 23.0 Å². The van der Waals surface area contributed by atoms with E-state index in [0.717, 1.165) is 36.4 Å². The minimum absolute atomic E-state index is 0.217. The van der Waals surface area contributed by atoms with E-state index in [-0.39, 0.29) is 11.4 Å². The van der Waals surface area contributed by atoms with E-state index in [1.54, 1.807) is 0 Å². The Hall–Kier alpha value is -3.65. The quantitative estimate of drug-likeness (QED) is 0.229. The average Bonchev–Trinajstić information content (AvgIpc) is 2.69. The number of nitrogens with two attached hydrogens (primary N) is 2. The molecule has 5 N–H and O–H groups in total. The molecular formula is C20H14F6N2O5S. The third kappa shape index (κ3) is 5.63. The molecule has 14 heteroatoms. The molecule has 0 heterocycles. The van der Waals surface area contributed by atoms with Gasteiger partial charge in [-0.3, -0.25) is 4.55 Å². The summed E-state index contributed by atoms with van der Waals surface area (Å²) >= 11 is 0. The van der Waals surface area contributed by atoms with Crippen LogP contribution in [0.15, 0.2) is 59.5 Å². The van der Waals surface area contributed by atoms with Crippen molar-refractivity contribution in [2.45, 2.75) is 17.2 Å². The third-order valence-electron chi connectivity index (χ3n) is 4.26. The van der Waals surface area contributed by atoms with Gasteiger partial charge in [0.15, 0.2) is 0 Å². The zero-order chi connectivity index (χ0) is 25.5. The second-order valence-corrected chi connectivity index (χ2v) is 8.18. The van der Waals surface area contributed by atoms with Crippen molar-refractivity contribution in [3.05, 3.63) is 65.7 Å². The van der Waals surface area contributed by atoms with Gasteiger partial charge in [-0.25, -0.2) is 0 Å². The fourth-order valence-electron chi connectivity index (χ4n) is 2.80. The van der Waals surface area contributed by atoms with Crippen LogP contribution in [0.1, 0.15) is 11.1 Å². The topological polar surface area (TPSA) is 125 Å². The highest BCUT2D eigenvalue weighted by atomic mass is 32.2. The molecule has 0 unspecified atom stereocenters. The summed E-state index contributed by atoms with van der Waals surface area (Å²) in [5.74, 6) is -2.82. The summed E-state index contributed by atoms with van der Waals surface area (Å²) in [6, 6.07) is 7.37. The molecule has 3 rings (SSSR count). The van der Waals surface area contributed by atoms with Crippen LogP contribution in [0.3, 0.4) is 0 Å². The largest absolute Gasteiger partial charge is 0.457 e. The number of ether oxygens (including phenoxy) is 2. The predicted molar refractivity (Wildman–Crippen MR) is 108 cm³/mol. The van der Waals surface area contributed by atoms with E-state index in [1.807, 2.05) is 0 Å². The number of hydrogen-bond acceptors (Lipinski definition) is 6. The van der Waals surface area contributed by atoms with E-state index in [2.05, 4.69) is 0 Å². The van der Waals surface area contributed by atoms with Crippen molar-refractivity contribution in [1.29, 1.82) is 0 Å². The summed E-state index contributed by atoms with van der Waals surface area (Å²) in [7, 11) is -5.12. The summed E-state index contributed by atoms with van der Waals surface area (Å²) in [5.41, 5.74) is 7.68. The fourth-order valence-corrected chi connectivity index (χ4v) is 3.43. The Kier molecular flexibility index (Phi) is 6.32. The molecule has 0 radical (unpaired) electrons. The van der Waals surface area contributed by atoms with Gasteiger partial charge in [0.05, 0.1) is 0 Å². The van der Waals surface area contributed by atoms with Gasteiger partial charge in [-0.1, -0.05) is 0 Å². The number of hydrogen-bond donors (Lipinski definition) is 3. The van der Waals surface area contributed by atoms with Gasteiger partial charge in [-0.2, -0.15) is 34.8 Å². The van der Waals surface area contributed by atoms with Crippen LogP contribution in [0.5, 0.6) is 23.0 Å². The maximum absolute atomic E-state index is 13.3. The number of benzene rings is 3. The Morgan fingerprint density at radius 1 is 0.676 bits per heavy atom. The first-order valence-corrected chi connectivity index (χ1v) is 10.4. The summed E-state index contributed by atoms with van der Waals surface area (Å²) in [6.07, 6.45) is -9.79. The van der Waals surface area contributed by atoms with E-state index < -0.39 is 61.5 Å². The van der Waals surface area contributed by atoms with Crippen molar-refractivity contribution in [3.63, 3.8) is 0 Å². The minimum Gasteiger partial charge on any atom is -0.457 e. The summed E-state index contributed by atoms with van der Waals surface area (Å²) in [4.78, 5) is -1.06. The van der Waals surface area contributed by atoms with Gasteiger partial charge in [0.2, 0.25) is 0 Å². The molecule has 3 aromatic carbocycles. The van der Waals surface area contributed by atoms with Crippen LogP contribution in [0, 0.1) is 0 Å². The van der Waals surface area contributed by atoms with Crippen molar-refractivity contribution in [2.24, 2.45) is 0 Å². The lowest BCUT2D eigenvalue weighted by Gasteiger charge is -2.17. The van der Waals surface area contributed by atoms with Gasteiger partial charge in [0.1, 0.15) is 39.0 Å². The standard InChI is InChI=1S/C20H14F6N2O5S/c21-19(22,23)13-7-10(27)1-4-15(13)32-12-3-6-17(18(9-12)34(29,30)31)33-16-5-2-11(28)8-14(16)20(24,25)26/h1-9H,27-28H2,(H,29,30,31). The van der Waals surface area contributed by atoms with E-state index in [1.165, 1.54) is 0 Å². The minimum atomic E-state index is -5.12. The number of alkyl halides is 6. The van der Waals surface area contributed by atoms with Gasteiger partial charge in [-0.15, -0.1) is 0 Å². The second kappa shape index (κ2) is 8.61. The molecular weight excluding hydrogens is 494 g/mol. The normalized spacial score (nSPS) is 12.4. The van der Waals surface area contributed by atoms with Crippen LogP contribution < -0.4 is 20.9 Å². The molecule has 0 fully saturated rings. The Morgan fingerprint density at radius 2 is 1.12 bits per heavy atom. The SMILES string of the molecule is Nc1ccc(Oc2ccc(Oc3ccc(N)cc3C(F)(F)F)c(S(=O)(=O)O)c2)c(C(F)(F)F)c1. The highest BCUT2D eigenvalue weighted by Crippen LogP contribution is 2.43. The second-order valence-electron chi connectivity index (χ2n) is 6.79. The van der Waals surface area contributed by atoms with E-state index >= 15 is 0 Å². The molecule has 0 bridgehead atoms. The molecule has 182 valence electrons. The summed E-state index contributed by atoms with van der Waals surface area (Å²) in [5, 5.41) is 0. The predicted octanol–water partition coefficient (Wildman–Crippen LogP) is 5.72. The number of anilines is 2.